The van der Waals surface area contributed by atoms with Gasteiger partial charge in [-0.3, -0.25) is 0 Å². The molecule has 88 valence electrons. The van der Waals surface area contributed by atoms with E-state index in [4.69, 9.17) is 4.74 Å². The first kappa shape index (κ1) is 12.4. The van der Waals surface area contributed by atoms with Crippen LogP contribution in [0.1, 0.15) is 0 Å². The highest BCUT2D eigenvalue weighted by atomic mass is 19.4. The Labute approximate surface area is 90.2 Å². The Balaban J connectivity index is 2.62. The van der Waals surface area contributed by atoms with Gasteiger partial charge in [0, 0.05) is 0 Å². The van der Waals surface area contributed by atoms with E-state index in [0.717, 1.165) is 24.3 Å². The van der Waals surface area contributed by atoms with E-state index in [-0.39, 0.29) is 12.4 Å². The second-order valence-electron chi connectivity index (χ2n) is 3.01. The molecule has 3 nitrogen and oxygen atoms in total. The number of ether oxygens (including phenoxy) is 2. The van der Waals surface area contributed by atoms with Crippen molar-refractivity contribution in [2.45, 2.75) is 0 Å². The first-order chi connectivity index (χ1) is 7.43. The first-order valence-corrected chi connectivity index (χ1v) is 4.43. The zero-order chi connectivity index (χ0) is 12.2. The lowest BCUT2D eigenvalue weighted by Gasteiger charge is -2.14. The smallest absolute Gasteiger partial charge is 0.482 e. The summed E-state index contributed by atoms with van der Waals surface area (Å²) in [5.74, 6) is -0.404. The van der Waals surface area contributed by atoms with Gasteiger partial charge in [-0.2, -0.15) is 0 Å². The predicted octanol–water partition coefficient (Wildman–Crippen LogP) is 1.29. The molecule has 0 saturated carbocycles. The standard InChI is InChI=1S/C9H9BF3O3/c1-15-9(14)6-16-8-4-2-7(3-5-8)10(11,12)13/h2-5H,6H2,1H3/q-1. The summed E-state index contributed by atoms with van der Waals surface area (Å²) in [6, 6.07) is 4.14. The van der Waals surface area contributed by atoms with Crippen LogP contribution in [0.4, 0.5) is 12.9 Å². The summed E-state index contributed by atoms with van der Waals surface area (Å²) in [6.07, 6.45) is 0. The van der Waals surface area contributed by atoms with Gasteiger partial charge < -0.3 is 22.4 Å². The van der Waals surface area contributed by atoms with Crippen LogP contribution >= 0.6 is 0 Å². The van der Waals surface area contributed by atoms with Crippen molar-refractivity contribution in [3.63, 3.8) is 0 Å². The molecule has 0 heterocycles. The van der Waals surface area contributed by atoms with Crippen molar-refractivity contribution in [2.24, 2.45) is 0 Å². The summed E-state index contributed by atoms with van der Waals surface area (Å²) in [6.45, 7) is -5.32. The molecule has 0 spiro atoms. The fourth-order valence-corrected chi connectivity index (χ4v) is 0.983. The second kappa shape index (κ2) is 4.91. The highest BCUT2D eigenvalue weighted by Gasteiger charge is 2.24. The summed E-state index contributed by atoms with van der Waals surface area (Å²) in [5, 5.41) is 0. The molecular formula is C9H9BF3O3-. The third-order valence-corrected chi connectivity index (χ3v) is 1.84. The molecule has 0 radical (unpaired) electrons. The molecule has 16 heavy (non-hydrogen) atoms. The van der Waals surface area contributed by atoms with Crippen LogP contribution in [0.15, 0.2) is 24.3 Å². The van der Waals surface area contributed by atoms with Crippen LogP contribution in [0.5, 0.6) is 5.75 Å². The van der Waals surface area contributed by atoms with Gasteiger partial charge in [-0.25, -0.2) is 4.79 Å². The zero-order valence-electron chi connectivity index (χ0n) is 8.45. The van der Waals surface area contributed by atoms with Crippen molar-refractivity contribution in [3.05, 3.63) is 24.3 Å². The van der Waals surface area contributed by atoms with Gasteiger partial charge in [0.1, 0.15) is 5.75 Å². The van der Waals surface area contributed by atoms with Crippen molar-refractivity contribution in [1.29, 1.82) is 0 Å². The molecule has 0 fully saturated rings. The second-order valence-corrected chi connectivity index (χ2v) is 3.01. The average Bonchev–Trinajstić information content (AvgIpc) is 2.25. The van der Waals surface area contributed by atoms with Gasteiger partial charge in [0.15, 0.2) is 6.61 Å². The highest BCUT2D eigenvalue weighted by Crippen LogP contribution is 2.13. The minimum atomic E-state index is -5.00. The van der Waals surface area contributed by atoms with Gasteiger partial charge in [0.05, 0.1) is 7.11 Å². The molecule has 0 aliphatic rings. The molecule has 1 aromatic carbocycles. The summed E-state index contributed by atoms with van der Waals surface area (Å²) in [4.78, 5) is 10.7. The monoisotopic (exact) mass is 233 g/mol. The number of hydrogen-bond acceptors (Lipinski definition) is 3. The minimum Gasteiger partial charge on any atom is -0.482 e. The van der Waals surface area contributed by atoms with Gasteiger partial charge >= 0.3 is 12.9 Å². The lowest BCUT2D eigenvalue weighted by atomic mass is 9.80. The summed E-state index contributed by atoms with van der Waals surface area (Å²) >= 11 is 0. The van der Waals surface area contributed by atoms with E-state index in [0.29, 0.717) is 0 Å². The molecule has 1 aromatic rings. The van der Waals surface area contributed by atoms with Crippen LogP contribution in [-0.4, -0.2) is 26.7 Å². The maximum atomic E-state index is 12.2. The Morgan fingerprint density at radius 3 is 2.25 bits per heavy atom. The van der Waals surface area contributed by atoms with Gasteiger partial charge in [0.2, 0.25) is 0 Å². The van der Waals surface area contributed by atoms with Gasteiger partial charge in [-0.15, -0.1) is 5.46 Å². The van der Waals surface area contributed by atoms with Crippen molar-refractivity contribution in [2.75, 3.05) is 13.7 Å². The van der Waals surface area contributed by atoms with Crippen molar-refractivity contribution in [3.8, 4) is 5.75 Å². The number of methoxy groups -OCH3 is 1. The third-order valence-electron chi connectivity index (χ3n) is 1.84. The number of rotatable bonds is 4. The Bertz CT molecular complexity index is 361. The quantitative estimate of drug-likeness (QED) is 0.580. The number of esters is 1. The molecule has 1 rings (SSSR count). The number of hydrogen-bond donors (Lipinski definition) is 0. The van der Waals surface area contributed by atoms with Crippen LogP contribution in [-0.2, 0) is 9.53 Å². The summed E-state index contributed by atoms with van der Waals surface area (Å²) < 4.78 is 45.9. The zero-order valence-corrected chi connectivity index (χ0v) is 8.45. The maximum Gasteiger partial charge on any atom is 0.509 e. The lowest BCUT2D eigenvalue weighted by Crippen LogP contribution is -2.33. The van der Waals surface area contributed by atoms with E-state index >= 15 is 0 Å². The van der Waals surface area contributed by atoms with E-state index in [9.17, 15) is 17.7 Å². The summed E-state index contributed by atoms with van der Waals surface area (Å²) in [7, 11) is 1.20. The topological polar surface area (TPSA) is 35.5 Å². The molecule has 0 saturated heterocycles. The fourth-order valence-electron chi connectivity index (χ4n) is 0.983. The normalized spacial score (nSPS) is 11.0. The van der Waals surface area contributed by atoms with E-state index in [1.54, 1.807) is 0 Å². The predicted molar refractivity (Wildman–Crippen MR) is 52.7 cm³/mol. The Morgan fingerprint density at radius 2 is 1.81 bits per heavy atom. The molecule has 0 aromatic heterocycles. The van der Waals surface area contributed by atoms with Crippen molar-refractivity contribution in [1.82, 2.24) is 0 Å². The molecule has 0 aliphatic carbocycles. The molecule has 0 atom stereocenters. The molecule has 0 amide bonds. The minimum absolute atomic E-state index is 0.189. The lowest BCUT2D eigenvalue weighted by molar-refractivity contribution is -0.142. The Kier molecular flexibility index (Phi) is 3.81. The highest BCUT2D eigenvalue weighted by molar-refractivity contribution is 6.73. The van der Waals surface area contributed by atoms with Crippen LogP contribution in [0.2, 0.25) is 0 Å². The molecular weight excluding hydrogens is 224 g/mol. The van der Waals surface area contributed by atoms with Crippen LogP contribution in [0.3, 0.4) is 0 Å². The number of benzene rings is 1. The van der Waals surface area contributed by atoms with E-state index in [1.165, 1.54) is 7.11 Å². The van der Waals surface area contributed by atoms with E-state index < -0.39 is 18.4 Å². The Morgan fingerprint density at radius 1 is 1.25 bits per heavy atom. The van der Waals surface area contributed by atoms with Crippen LogP contribution < -0.4 is 10.2 Å². The molecule has 7 heteroatoms. The molecule has 0 bridgehead atoms. The molecule has 0 unspecified atom stereocenters. The van der Waals surface area contributed by atoms with Gasteiger partial charge in [-0.1, -0.05) is 12.1 Å². The largest absolute Gasteiger partial charge is 0.509 e. The summed E-state index contributed by atoms with van der Waals surface area (Å²) in [5.41, 5.74) is -0.703. The maximum absolute atomic E-state index is 12.2. The van der Waals surface area contributed by atoms with Crippen molar-refractivity contribution < 1.29 is 27.2 Å². The van der Waals surface area contributed by atoms with Gasteiger partial charge in [-0.05, 0) is 12.1 Å². The molecule has 0 aliphatic heterocycles. The van der Waals surface area contributed by atoms with E-state index in [2.05, 4.69) is 4.74 Å². The third kappa shape index (κ3) is 3.49. The number of halogens is 3. The number of carbonyl (C=O) groups is 1. The van der Waals surface area contributed by atoms with Crippen LogP contribution in [0, 0.1) is 0 Å². The van der Waals surface area contributed by atoms with Gasteiger partial charge in [0.25, 0.3) is 0 Å². The van der Waals surface area contributed by atoms with Crippen LogP contribution in [0.25, 0.3) is 0 Å². The fraction of sp³-hybridized carbons (Fsp3) is 0.222. The Hall–Kier alpha value is -1.66. The van der Waals surface area contributed by atoms with E-state index in [1.807, 2.05) is 0 Å². The SMILES string of the molecule is COC(=O)COc1ccc([B-](F)(F)F)cc1. The first-order valence-electron chi connectivity index (χ1n) is 4.43. The average molecular weight is 233 g/mol. The van der Waals surface area contributed by atoms with Crippen molar-refractivity contribution >= 4 is 18.4 Å². The number of carbonyl (C=O) groups excluding carboxylic acids is 1. The molecule has 0 N–H and O–H groups in total.